The standard InChI is InChI=1S/C22H19F3N2O2/c23-22(24,25)17-10-8-14(9-11-17)12-20(28)27-19(21(26)29)13-16-6-3-5-15-4-1-2-7-18(15)16/h1-11,19H,12-13H2,(H2,26,29)(H,27,28)/t19-/m0/s1. The molecule has 0 spiro atoms. The number of hydrogen-bond donors (Lipinski definition) is 2. The Kier molecular flexibility index (Phi) is 5.87. The van der Waals surface area contributed by atoms with E-state index in [0.717, 1.165) is 28.5 Å². The summed E-state index contributed by atoms with van der Waals surface area (Å²) in [4.78, 5) is 24.2. The molecular formula is C22H19F3N2O2. The molecule has 1 atom stereocenters. The summed E-state index contributed by atoms with van der Waals surface area (Å²) >= 11 is 0. The van der Waals surface area contributed by atoms with E-state index >= 15 is 0 Å². The number of primary amides is 1. The van der Waals surface area contributed by atoms with Gasteiger partial charge in [0, 0.05) is 6.42 Å². The van der Waals surface area contributed by atoms with Crippen LogP contribution in [0, 0.1) is 0 Å². The number of carbonyl (C=O) groups is 2. The molecule has 0 aliphatic carbocycles. The van der Waals surface area contributed by atoms with Gasteiger partial charge in [0.15, 0.2) is 0 Å². The monoisotopic (exact) mass is 400 g/mol. The highest BCUT2D eigenvalue weighted by Crippen LogP contribution is 2.29. The van der Waals surface area contributed by atoms with Crippen LogP contribution in [0.4, 0.5) is 13.2 Å². The van der Waals surface area contributed by atoms with Gasteiger partial charge in [-0.25, -0.2) is 0 Å². The summed E-state index contributed by atoms with van der Waals surface area (Å²) in [5, 5.41) is 4.55. The maximum Gasteiger partial charge on any atom is 0.416 e. The molecule has 150 valence electrons. The molecule has 0 saturated carbocycles. The van der Waals surface area contributed by atoms with E-state index in [2.05, 4.69) is 5.32 Å². The first-order valence-electron chi connectivity index (χ1n) is 8.95. The van der Waals surface area contributed by atoms with Gasteiger partial charge in [-0.05, 0) is 34.0 Å². The molecule has 0 aromatic heterocycles. The molecule has 3 aromatic carbocycles. The number of nitrogens with one attached hydrogen (secondary N) is 1. The van der Waals surface area contributed by atoms with Crippen LogP contribution >= 0.6 is 0 Å². The summed E-state index contributed by atoms with van der Waals surface area (Å²) in [5.41, 5.74) is 5.94. The van der Waals surface area contributed by atoms with E-state index in [-0.39, 0.29) is 12.8 Å². The lowest BCUT2D eigenvalue weighted by Crippen LogP contribution is -2.46. The molecule has 3 N–H and O–H groups in total. The SMILES string of the molecule is NC(=O)[C@H](Cc1cccc2ccccc12)NC(=O)Cc1ccc(C(F)(F)F)cc1. The van der Waals surface area contributed by atoms with Gasteiger partial charge in [0.05, 0.1) is 12.0 Å². The van der Waals surface area contributed by atoms with E-state index in [1.807, 2.05) is 42.5 Å². The van der Waals surface area contributed by atoms with Gasteiger partial charge in [0.2, 0.25) is 11.8 Å². The topological polar surface area (TPSA) is 72.2 Å². The third-order valence-electron chi connectivity index (χ3n) is 4.63. The molecule has 7 heteroatoms. The molecule has 4 nitrogen and oxygen atoms in total. The van der Waals surface area contributed by atoms with Crippen molar-refractivity contribution in [2.45, 2.75) is 25.1 Å². The number of benzene rings is 3. The van der Waals surface area contributed by atoms with Gasteiger partial charge in [-0.2, -0.15) is 13.2 Å². The van der Waals surface area contributed by atoms with Crippen LogP contribution in [0.15, 0.2) is 66.7 Å². The number of carbonyl (C=O) groups excluding carboxylic acids is 2. The lowest BCUT2D eigenvalue weighted by atomic mass is 9.98. The van der Waals surface area contributed by atoms with Crippen LogP contribution in [-0.2, 0) is 28.6 Å². The Hall–Kier alpha value is -3.35. The van der Waals surface area contributed by atoms with Gasteiger partial charge in [0.25, 0.3) is 0 Å². The number of nitrogens with two attached hydrogens (primary N) is 1. The predicted octanol–water partition coefficient (Wildman–Crippen LogP) is 3.61. The molecule has 0 aliphatic heterocycles. The zero-order chi connectivity index (χ0) is 21.0. The molecule has 29 heavy (non-hydrogen) atoms. The first kappa shape index (κ1) is 20.4. The fraction of sp³-hybridized carbons (Fsp3) is 0.182. The molecule has 0 heterocycles. The summed E-state index contributed by atoms with van der Waals surface area (Å²) in [6.45, 7) is 0. The Balaban J connectivity index is 1.70. The molecular weight excluding hydrogens is 381 g/mol. The first-order chi connectivity index (χ1) is 13.7. The zero-order valence-electron chi connectivity index (χ0n) is 15.4. The van der Waals surface area contributed by atoms with Crippen molar-refractivity contribution < 1.29 is 22.8 Å². The maximum atomic E-state index is 12.6. The summed E-state index contributed by atoms with van der Waals surface area (Å²) < 4.78 is 37.9. The fourth-order valence-electron chi connectivity index (χ4n) is 3.16. The zero-order valence-corrected chi connectivity index (χ0v) is 15.4. The van der Waals surface area contributed by atoms with Gasteiger partial charge in [-0.3, -0.25) is 9.59 Å². The van der Waals surface area contributed by atoms with Gasteiger partial charge < -0.3 is 11.1 Å². The van der Waals surface area contributed by atoms with E-state index in [0.29, 0.717) is 5.56 Å². The Morgan fingerprint density at radius 1 is 0.931 bits per heavy atom. The molecule has 0 bridgehead atoms. The molecule has 0 saturated heterocycles. The number of hydrogen-bond acceptors (Lipinski definition) is 2. The van der Waals surface area contributed by atoms with Crippen molar-refractivity contribution in [3.05, 3.63) is 83.4 Å². The third kappa shape index (κ3) is 5.13. The van der Waals surface area contributed by atoms with Gasteiger partial charge >= 0.3 is 6.18 Å². The molecule has 2 amide bonds. The van der Waals surface area contributed by atoms with Gasteiger partial charge in [-0.15, -0.1) is 0 Å². The average molecular weight is 400 g/mol. The van der Waals surface area contributed by atoms with Crippen molar-refractivity contribution in [3.63, 3.8) is 0 Å². The van der Waals surface area contributed by atoms with Crippen molar-refractivity contribution in [2.75, 3.05) is 0 Å². The summed E-state index contributed by atoms with van der Waals surface area (Å²) in [5.74, 6) is -1.17. The molecule has 0 unspecified atom stereocenters. The number of fused-ring (bicyclic) bond motifs is 1. The second-order valence-electron chi connectivity index (χ2n) is 6.74. The van der Waals surface area contributed by atoms with Crippen LogP contribution in [0.5, 0.6) is 0 Å². The van der Waals surface area contributed by atoms with Gasteiger partial charge in [-0.1, -0.05) is 54.6 Å². The summed E-state index contributed by atoms with van der Waals surface area (Å²) in [6, 6.07) is 16.7. The van der Waals surface area contributed by atoms with Crippen molar-refractivity contribution in [1.29, 1.82) is 0 Å². The first-order valence-corrected chi connectivity index (χ1v) is 8.95. The molecule has 0 radical (unpaired) electrons. The molecule has 3 rings (SSSR count). The lowest BCUT2D eigenvalue weighted by Gasteiger charge is -2.17. The molecule has 0 aliphatic rings. The smallest absolute Gasteiger partial charge is 0.368 e. The fourth-order valence-corrected chi connectivity index (χ4v) is 3.16. The second-order valence-corrected chi connectivity index (χ2v) is 6.74. The Morgan fingerprint density at radius 2 is 1.59 bits per heavy atom. The minimum atomic E-state index is -4.43. The predicted molar refractivity (Wildman–Crippen MR) is 104 cm³/mol. The van der Waals surface area contributed by atoms with Crippen molar-refractivity contribution in [2.24, 2.45) is 5.73 Å². The van der Waals surface area contributed by atoms with E-state index in [1.54, 1.807) is 0 Å². The molecule has 3 aromatic rings. The van der Waals surface area contributed by atoms with E-state index in [4.69, 9.17) is 5.73 Å². The van der Waals surface area contributed by atoms with E-state index in [9.17, 15) is 22.8 Å². The van der Waals surface area contributed by atoms with E-state index in [1.165, 1.54) is 12.1 Å². The normalized spacial score (nSPS) is 12.5. The summed E-state index contributed by atoms with van der Waals surface area (Å²) in [7, 11) is 0. The van der Waals surface area contributed by atoms with Crippen molar-refractivity contribution >= 4 is 22.6 Å². The van der Waals surface area contributed by atoms with Crippen molar-refractivity contribution in [3.8, 4) is 0 Å². The number of rotatable bonds is 6. The lowest BCUT2D eigenvalue weighted by molar-refractivity contribution is -0.137. The Bertz CT molecular complexity index is 1020. The highest BCUT2D eigenvalue weighted by atomic mass is 19.4. The van der Waals surface area contributed by atoms with Crippen molar-refractivity contribution in [1.82, 2.24) is 5.32 Å². The van der Waals surface area contributed by atoms with Crippen LogP contribution in [-0.4, -0.2) is 17.9 Å². The van der Waals surface area contributed by atoms with Crippen LogP contribution in [0.25, 0.3) is 10.8 Å². The number of halogens is 3. The average Bonchev–Trinajstić information content (AvgIpc) is 2.67. The van der Waals surface area contributed by atoms with Crippen LogP contribution in [0.3, 0.4) is 0 Å². The Morgan fingerprint density at radius 3 is 2.24 bits per heavy atom. The van der Waals surface area contributed by atoms with Gasteiger partial charge in [0.1, 0.15) is 6.04 Å². The van der Waals surface area contributed by atoms with Crippen LogP contribution in [0.1, 0.15) is 16.7 Å². The highest BCUT2D eigenvalue weighted by molar-refractivity contribution is 5.90. The minimum Gasteiger partial charge on any atom is -0.368 e. The van der Waals surface area contributed by atoms with Crippen LogP contribution < -0.4 is 11.1 Å². The number of alkyl halides is 3. The number of amides is 2. The second kappa shape index (κ2) is 8.34. The maximum absolute atomic E-state index is 12.6. The van der Waals surface area contributed by atoms with Crippen LogP contribution in [0.2, 0.25) is 0 Å². The molecule has 0 fully saturated rings. The quantitative estimate of drug-likeness (QED) is 0.664. The Labute approximate surface area is 165 Å². The third-order valence-corrected chi connectivity index (χ3v) is 4.63. The largest absolute Gasteiger partial charge is 0.416 e. The summed E-state index contributed by atoms with van der Waals surface area (Å²) in [6.07, 6.45) is -4.37. The highest BCUT2D eigenvalue weighted by Gasteiger charge is 2.30. The minimum absolute atomic E-state index is 0.155. The van der Waals surface area contributed by atoms with E-state index < -0.39 is 29.6 Å².